The summed E-state index contributed by atoms with van der Waals surface area (Å²) >= 11 is 6.61. The maximum atomic E-state index is 13.0. The third-order valence-electron chi connectivity index (χ3n) is 4.60. The van der Waals surface area contributed by atoms with Gasteiger partial charge in [0.15, 0.2) is 15.8 Å². The summed E-state index contributed by atoms with van der Waals surface area (Å²) in [7, 11) is -4.02. The topological polar surface area (TPSA) is 72.9 Å². The van der Waals surface area contributed by atoms with Crippen molar-refractivity contribution >= 4 is 56.1 Å². The molecule has 0 aromatic heterocycles. The van der Waals surface area contributed by atoms with Crippen LogP contribution in [0.4, 0.5) is 5.69 Å². The van der Waals surface area contributed by atoms with Crippen LogP contribution < -0.4 is 13.8 Å². The summed E-state index contributed by atoms with van der Waals surface area (Å²) in [6, 6.07) is 21.9. The molecule has 1 heterocycles. The lowest BCUT2D eigenvalue weighted by Gasteiger charge is -2.14. The zero-order valence-electron chi connectivity index (χ0n) is 17.5. The highest BCUT2D eigenvalue weighted by molar-refractivity contribution is 8.27. The molecule has 0 unspecified atom stereocenters. The number of carbonyl (C=O) groups excluding carboxylic acids is 1. The van der Waals surface area contributed by atoms with E-state index in [1.807, 2.05) is 30.3 Å². The third kappa shape index (κ3) is 5.11. The number of ether oxygens (including phenoxy) is 1. The Morgan fingerprint density at radius 1 is 0.970 bits per heavy atom. The smallest absolute Gasteiger partial charge is 0.339 e. The molecular formula is C24H19NO5S3. The molecule has 0 saturated carbocycles. The Morgan fingerprint density at radius 2 is 1.64 bits per heavy atom. The Balaban J connectivity index is 1.62. The van der Waals surface area contributed by atoms with E-state index in [-0.39, 0.29) is 22.3 Å². The predicted octanol–water partition coefficient (Wildman–Crippen LogP) is 5.26. The van der Waals surface area contributed by atoms with Crippen LogP contribution >= 0.6 is 24.0 Å². The van der Waals surface area contributed by atoms with E-state index in [9.17, 15) is 13.2 Å². The van der Waals surface area contributed by atoms with Crippen molar-refractivity contribution in [2.75, 3.05) is 11.5 Å². The Morgan fingerprint density at radius 3 is 2.30 bits per heavy atom. The number of anilines is 1. The summed E-state index contributed by atoms with van der Waals surface area (Å²) in [6.45, 7) is 2.09. The molecule has 9 heteroatoms. The number of rotatable bonds is 7. The van der Waals surface area contributed by atoms with Crippen molar-refractivity contribution in [1.82, 2.24) is 0 Å². The number of para-hydroxylation sites is 1. The van der Waals surface area contributed by atoms with Gasteiger partial charge in [0.25, 0.3) is 5.91 Å². The molecule has 33 heavy (non-hydrogen) atoms. The van der Waals surface area contributed by atoms with Crippen LogP contribution in [0.5, 0.6) is 11.5 Å². The highest BCUT2D eigenvalue weighted by Gasteiger charge is 2.33. The van der Waals surface area contributed by atoms with Crippen LogP contribution in [-0.2, 0) is 14.9 Å². The average molecular weight is 498 g/mol. The molecule has 1 aliphatic heterocycles. The number of nitrogens with zero attached hydrogens (tertiary/aromatic N) is 1. The molecule has 0 bridgehead atoms. The van der Waals surface area contributed by atoms with E-state index >= 15 is 0 Å². The van der Waals surface area contributed by atoms with E-state index in [2.05, 4.69) is 0 Å². The summed E-state index contributed by atoms with van der Waals surface area (Å²) in [4.78, 5) is 14.9. The number of benzene rings is 3. The molecule has 3 aromatic rings. The van der Waals surface area contributed by atoms with E-state index in [0.29, 0.717) is 27.1 Å². The van der Waals surface area contributed by atoms with Crippen molar-refractivity contribution in [1.29, 1.82) is 0 Å². The van der Waals surface area contributed by atoms with E-state index in [4.69, 9.17) is 21.1 Å². The van der Waals surface area contributed by atoms with Gasteiger partial charge in [0.1, 0.15) is 4.90 Å². The monoisotopic (exact) mass is 497 g/mol. The second kappa shape index (κ2) is 9.78. The first-order valence-corrected chi connectivity index (χ1v) is 12.6. The molecule has 168 valence electrons. The van der Waals surface area contributed by atoms with Crippen molar-refractivity contribution in [2.45, 2.75) is 11.8 Å². The van der Waals surface area contributed by atoms with Crippen LogP contribution in [-0.4, -0.2) is 25.3 Å². The van der Waals surface area contributed by atoms with Gasteiger partial charge in [0.05, 0.1) is 17.2 Å². The van der Waals surface area contributed by atoms with Crippen molar-refractivity contribution in [3.05, 3.63) is 89.3 Å². The minimum absolute atomic E-state index is 0.0427. The molecule has 6 nitrogen and oxygen atoms in total. The van der Waals surface area contributed by atoms with Gasteiger partial charge >= 0.3 is 10.1 Å². The van der Waals surface area contributed by atoms with Crippen molar-refractivity contribution in [3.8, 4) is 11.5 Å². The lowest BCUT2D eigenvalue weighted by molar-refractivity contribution is -0.113. The minimum atomic E-state index is -4.02. The average Bonchev–Trinajstić information content (AvgIpc) is 3.09. The zero-order chi connectivity index (χ0) is 23.4. The highest BCUT2D eigenvalue weighted by Crippen LogP contribution is 2.37. The van der Waals surface area contributed by atoms with Gasteiger partial charge in [-0.05, 0) is 55.0 Å². The first kappa shape index (κ1) is 23.0. The van der Waals surface area contributed by atoms with Gasteiger partial charge in [0.2, 0.25) is 0 Å². The van der Waals surface area contributed by atoms with Crippen LogP contribution in [0.15, 0.2) is 88.7 Å². The standard InChI is InChI=1S/C24H19NO5S3/c1-2-29-21-15-17(13-14-20(21)30-33(27,28)19-11-7-4-8-12-19)16-22-23(26)25(24(31)32-22)18-9-5-3-6-10-18/h3-16H,2H2,1H3/b22-16-. The molecule has 4 rings (SSSR count). The second-order valence-corrected chi connectivity index (χ2v) is 10.1. The number of thiocarbonyl (C=S) groups is 1. The maximum absolute atomic E-state index is 13.0. The largest absolute Gasteiger partial charge is 0.490 e. The SMILES string of the molecule is CCOc1cc(/C=C2\SC(=S)N(c3ccccc3)C2=O)ccc1OS(=O)(=O)c1ccccc1. The molecular weight excluding hydrogens is 478 g/mol. The van der Waals surface area contributed by atoms with Crippen LogP contribution in [0.25, 0.3) is 6.08 Å². The first-order chi connectivity index (χ1) is 15.9. The Bertz CT molecular complexity index is 1320. The van der Waals surface area contributed by atoms with Gasteiger partial charge in [-0.25, -0.2) is 0 Å². The second-order valence-electron chi connectivity index (χ2n) is 6.84. The van der Waals surface area contributed by atoms with Crippen LogP contribution in [0.3, 0.4) is 0 Å². The van der Waals surface area contributed by atoms with Gasteiger partial charge in [0, 0.05) is 0 Å². The lowest BCUT2D eigenvalue weighted by atomic mass is 10.2. The normalized spacial score (nSPS) is 15.2. The van der Waals surface area contributed by atoms with Crippen molar-refractivity contribution in [3.63, 3.8) is 0 Å². The first-order valence-electron chi connectivity index (χ1n) is 9.98. The lowest BCUT2D eigenvalue weighted by Crippen LogP contribution is -2.27. The van der Waals surface area contributed by atoms with Crippen LogP contribution in [0.1, 0.15) is 12.5 Å². The zero-order valence-corrected chi connectivity index (χ0v) is 20.0. The van der Waals surface area contributed by atoms with Gasteiger partial charge in [-0.15, -0.1) is 0 Å². The summed E-state index contributed by atoms with van der Waals surface area (Å²) in [5.74, 6) is 0.0973. The Kier molecular flexibility index (Phi) is 6.83. The number of amides is 1. The van der Waals surface area contributed by atoms with Gasteiger partial charge < -0.3 is 8.92 Å². The number of carbonyl (C=O) groups is 1. The molecule has 1 saturated heterocycles. The molecule has 0 spiro atoms. The Hall–Kier alpha value is -3.14. The Labute approximate surface area is 202 Å². The maximum Gasteiger partial charge on any atom is 0.339 e. The van der Waals surface area contributed by atoms with E-state index < -0.39 is 10.1 Å². The minimum Gasteiger partial charge on any atom is -0.490 e. The van der Waals surface area contributed by atoms with Crippen LogP contribution in [0, 0.1) is 0 Å². The van der Waals surface area contributed by atoms with Crippen molar-refractivity contribution in [2.24, 2.45) is 0 Å². The summed E-state index contributed by atoms with van der Waals surface area (Å²) < 4.78 is 36.6. The van der Waals surface area contributed by atoms with Crippen molar-refractivity contribution < 1.29 is 22.1 Å². The molecule has 0 atom stereocenters. The molecule has 1 amide bonds. The number of thioether (sulfide) groups is 1. The number of hydrogen-bond acceptors (Lipinski definition) is 7. The van der Waals surface area contributed by atoms with Gasteiger partial charge in [-0.2, -0.15) is 8.42 Å². The number of hydrogen-bond donors (Lipinski definition) is 0. The molecule has 1 fully saturated rings. The van der Waals surface area contributed by atoms with E-state index in [1.54, 1.807) is 43.3 Å². The molecule has 0 radical (unpaired) electrons. The highest BCUT2D eigenvalue weighted by atomic mass is 32.2. The summed E-state index contributed by atoms with van der Waals surface area (Å²) in [5, 5.41) is 0. The quantitative estimate of drug-likeness (QED) is 0.250. The summed E-state index contributed by atoms with van der Waals surface area (Å²) in [5.41, 5.74) is 1.35. The fourth-order valence-corrected chi connectivity index (χ4v) is 5.38. The fraction of sp³-hybridized carbons (Fsp3) is 0.0833. The van der Waals surface area contributed by atoms with Gasteiger partial charge in [-0.1, -0.05) is 66.4 Å². The van der Waals surface area contributed by atoms with Gasteiger partial charge in [-0.3, -0.25) is 9.69 Å². The third-order valence-corrected chi connectivity index (χ3v) is 7.16. The molecule has 0 N–H and O–H groups in total. The fourth-order valence-electron chi connectivity index (χ4n) is 3.12. The molecule has 0 aliphatic carbocycles. The predicted molar refractivity (Wildman–Crippen MR) is 134 cm³/mol. The molecule has 1 aliphatic rings. The van der Waals surface area contributed by atoms with Crippen LogP contribution in [0.2, 0.25) is 0 Å². The molecule has 3 aromatic carbocycles. The van der Waals surface area contributed by atoms with E-state index in [0.717, 1.165) is 0 Å². The van der Waals surface area contributed by atoms with E-state index in [1.165, 1.54) is 34.9 Å². The summed E-state index contributed by atoms with van der Waals surface area (Å²) in [6.07, 6.45) is 1.69.